The first-order chi connectivity index (χ1) is 11.3. The van der Waals surface area contributed by atoms with Gasteiger partial charge in [-0.3, -0.25) is 9.59 Å². The number of halogens is 4. The molecule has 0 spiro atoms. The van der Waals surface area contributed by atoms with Crippen LogP contribution < -0.4 is 10.6 Å². The van der Waals surface area contributed by atoms with Crippen molar-refractivity contribution in [2.75, 3.05) is 5.32 Å². The maximum Gasteiger partial charge on any atom is 0.416 e. The first-order valence-electron chi connectivity index (χ1n) is 7.74. The van der Waals surface area contributed by atoms with E-state index < -0.39 is 35.1 Å². The van der Waals surface area contributed by atoms with E-state index in [1.165, 1.54) is 0 Å². The van der Waals surface area contributed by atoms with Gasteiger partial charge in [-0.25, -0.2) is 4.39 Å². The van der Waals surface area contributed by atoms with E-state index in [0.29, 0.717) is 30.0 Å². The molecule has 0 unspecified atom stereocenters. The highest BCUT2D eigenvalue weighted by molar-refractivity contribution is 6.39. The Labute approximate surface area is 135 Å². The fourth-order valence-corrected chi connectivity index (χ4v) is 2.72. The molecule has 0 aliphatic heterocycles. The molecule has 2 saturated carbocycles. The average Bonchev–Trinajstić information content (AvgIpc) is 3.37. The van der Waals surface area contributed by atoms with Crippen molar-refractivity contribution in [1.82, 2.24) is 5.32 Å². The van der Waals surface area contributed by atoms with Crippen LogP contribution in [-0.4, -0.2) is 17.9 Å². The molecule has 3 rings (SSSR count). The van der Waals surface area contributed by atoms with E-state index in [2.05, 4.69) is 5.32 Å². The summed E-state index contributed by atoms with van der Waals surface area (Å²) in [6, 6.07) is 1.57. The molecule has 0 radical (unpaired) electrons. The average molecular weight is 344 g/mol. The number of carbonyl (C=O) groups is 2. The first-order valence-corrected chi connectivity index (χ1v) is 7.74. The molecule has 2 N–H and O–H groups in total. The molecule has 2 aliphatic rings. The molecule has 4 nitrogen and oxygen atoms in total. The van der Waals surface area contributed by atoms with Gasteiger partial charge in [-0.15, -0.1) is 0 Å². The fourth-order valence-electron chi connectivity index (χ4n) is 2.72. The van der Waals surface area contributed by atoms with Crippen LogP contribution in [0.4, 0.5) is 23.2 Å². The molecule has 1 aromatic carbocycles. The number of alkyl halides is 3. The largest absolute Gasteiger partial charge is 0.416 e. The van der Waals surface area contributed by atoms with E-state index in [-0.39, 0.29) is 6.04 Å². The zero-order valence-corrected chi connectivity index (χ0v) is 12.6. The van der Waals surface area contributed by atoms with Crippen molar-refractivity contribution in [1.29, 1.82) is 0 Å². The number of hydrogen-bond donors (Lipinski definition) is 2. The number of anilines is 1. The number of carbonyl (C=O) groups excluding carboxylic acids is 2. The van der Waals surface area contributed by atoms with E-state index in [9.17, 15) is 27.2 Å². The van der Waals surface area contributed by atoms with Crippen molar-refractivity contribution in [3.05, 3.63) is 29.6 Å². The Morgan fingerprint density at radius 2 is 1.62 bits per heavy atom. The Morgan fingerprint density at radius 3 is 2.12 bits per heavy atom. The zero-order chi connectivity index (χ0) is 17.5. The van der Waals surface area contributed by atoms with Gasteiger partial charge in [0, 0.05) is 6.04 Å². The molecule has 24 heavy (non-hydrogen) atoms. The van der Waals surface area contributed by atoms with Gasteiger partial charge in [-0.05, 0) is 55.7 Å². The van der Waals surface area contributed by atoms with Gasteiger partial charge in [-0.2, -0.15) is 13.2 Å². The minimum Gasteiger partial charge on any atom is -0.345 e. The normalized spacial score (nSPS) is 17.7. The van der Waals surface area contributed by atoms with Crippen molar-refractivity contribution in [2.45, 2.75) is 37.9 Å². The second kappa shape index (κ2) is 6.07. The third kappa shape index (κ3) is 3.85. The minimum absolute atomic E-state index is 0.0744. The molecule has 2 aliphatic carbocycles. The third-order valence-electron chi connectivity index (χ3n) is 4.31. The van der Waals surface area contributed by atoms with Gasteiger partial charge >= 0.3 is 18.0 Å². The fraction of sp³-hybridized carbons (Fsp3) is 0.500. The standard InChI is InChI=1S/C16H16F4N2O2/c17-11-6-5-10(16(18,19)20)7-12(11)21-14(23)15(24)22-13(8-1-2-8)9-3-4-9/h5-9,13H,1-4H2,(H,21,23)(H,22,24). The zero-order valence-electron chi connectivity index (χ0n) is 12.6. The Morgan fingerprint density at radius 1 is 1.04 bits per heavy atom. The number of hydrogen-bond acceptors (Lipinski definition) is 2. The van der Waals surface area contributed by atoms with Crippen LogP contribution >= 0.6 is 0 Å². The van der Waals surface area contributed by atoms with Crippen LogP contribution in [0.1, 0.15) is 31.2 Å². The van der Waals surface area contributed by atoms with Crippen molar-refractivity contribution in [3.8, 4) is 0 Å². The molecule has 0 atom stereocenters. The molecule has 2 amide bonds. The summed E-state index contributed by atoms with van der Waals surface area (Å²) in [6.07, 6.45) is -0.703. The van der Waals surface area contributed by atoms with Crippen LogP contribution in [0.15, 0.2) is 18.2 Å². The Balaban J connectivity index is 1.66. The molecule has 2 fully saturated rings. The quantitative estimate of drug-likeness (QED) is 0.651. The van der Waals surface area contributed by atoms with E-state index >= 15 is 0 Å². The lowest BCUT2D eigenvalue weighted by molar-refractivity contribution is -0.137. The highest BCUT2D eigenvalue weighted by Crippen LogP contribution is 2.44. The summed E-state index contributed by atoms with van der Waals surface area (Å²) in [7, 11) is 0. The molecular formula is C16H16F4N2O2. The topological polar surface area (TPSA) is 58.2 Å². The van der Waals surface area contributed by atoms with Crippen LogP contribution in [-0.2, 0) is 15.8 Å². The minimum atomic E-state index is -4.67. The van der Waals surface area contributed by atoms with Crippen LogP contribution in [0.5, 0.6) is 0 Å². The molecule has 0 heterocycles. The molecule has 8 heteroatoms. The van der Waals surface area contributed by atoms with Crippen LogP contribution in [0, 0.1) is 17.7 Å². The summed E-state index contributed by atoms with van der Waals surface area (Å²) < 4.78 is 51.5. The van der Waals surface area contributed by atoms with Crippen molar-refractivity contribution in [3.63, 3.8) is 0 Å². The predicted molar refractivity (Wildman–Crippen MR) is 77.4 cm³/mol. The first kappa shape index (κ1) is 16.7. The summed E-state index contributed by atoms with van der Waals surface area (Å²) in [6.45, 7) is 0. The smallest absolute Gasteiger partial charge is 0.345 e. The second-order valence-corrected chi connectivity index (χ2v) is 6.32. The van der Waals surface area contributed by atoms with E-state index in [0.717, 1.165) is 25.7 Å². The third-order valence-corrected chi connectivity index (χ3v) is 4.31. The van der Waals surface area contributed by atoms with Gasteiger partial charge in [0.15, 0.2) is 0 Å². The lowest BCUT2D eigenvalue weighted by Gasteiger charge is -2.17. The molecule has 0 aromatic heterocycles. The molecule has 0 saturated heterocycles. The lowest BCUT2D eigenvalue weighted by atomic mass is 10.1. The number of rotatable bonds is 4. The molecule has 130 valence electrons. The Kier molecular flexibility index (Phi) is 4.23. The summed E-state index contributed by atoms with van der Waals surface area (Å²) in [5.74, 6) is -2.43. The van der Waals surface area contributed by atoms with Gasteiger partial charge < -0.3 is 10.6 Å². The van der Waals surface area contributed by atoms with E-state index in [1.54, 1.807) is 0 Å². The molecular weight excluding hydrogens is 328 g/mol. The van der Waals surface area contributed by atoms with Gasteiger partial charge in [-0.1, -0.05) is 0 Å². The highest BCUT2D eigenvalue weighted by atomic mass is 19.4. The van der Waals surface area contributed by atoms with Crippen molar-refractivity contribution >= 4 is 17.5 Å². The van der Waals surface area contributed by atoms with Crippen LogP contribution in [0.2, 0.25) is 0 Å². The summed E-state index contributed by atoms with van der Waals surface area (Å²) in [5, 5.41) is 4.55. The highest BCUT2D eigenvalue weighted by Gasteiger charge is 2.43. The molecule has 0 bridgehead atoms. The van der Waals surface area contributed by atoms with E-state index in [4.69, 9.17) is 0 Å². The van der Waals surface area contributed by atoms with Gasteiger partial charge in [0.05, 0.1) is 11.3 Å². The summed E-state index contributed by atoms with van der Waals surface area (Å²) >= 11 is 0. The van der Waals surface area contributed by atoms with Gasteiger partial charge in [0.1, 0.15) is 5.82 Å². The number of amides is 2. The monoisotopic (exact) mass is 344 g/mol. The maximum absolute atomic E-state index is 13.6. The van der Waals surface area contributed by atoms with Crippen molar-refractivity contribution < 1.29 is 27.2 Å². The molecule has 1 aromatic rings. The summed E-state index contributed by atoms with van der Waals surface area (Å²) in [4.78, 5) is 23.8. The van der Waals surface area contributed by atoms with E-state index in [1.807, 2.05) is 5.32 Å². The maximum atomic E-state index is 13.6. The number of benzene rings is 1. The Bertz CT molecular complexity index is 655. The SMILES string of the molecule is O=C(Nc1cc(C(F)(F)F)ccc1F)C(=O)NC(C1CC1)C1CC1. The van der Waals surface area contributed by atoms with Gasteiger partial charge in [0.25, 0.3) is 0 Å². The second-order valence-electron chi connectivity index (χ2n) is 6.32. The van der Waals surface area contributed by atoms with Gasteiger partial charge in [0.2, 0.25) is 0 Å². The van der Waals surface area contributed by atoms with Crippen LogP contribution in [0.25, 0.3) is 0 Å². The van der Waals surface area contributed by atoms with Crippen LogP contribution in [0.3, 0.4) is 0 Å². The Hall–Kier alpha value is -2.12. The summed E-state index contributed by atoms with van der Waals surface area (Å²) in [5.41, 5.74) is -1.77. The number of nitrogens with one attached hydrogen (secondary N) is 2. The van der Waals surface area contributed by atoms with Crippen molar-refractivity contribution in [2.24, 2.45) is 11.8 Å². The predicted octanol–water partition coefficient (Wildman–Crippen LogP) is 3.09. The lowest BCUT2D eigenvalue weighted by Crippen LogP contribution is -2.44.